The van der Waals surface area contributed by atoms with Crippen LogP contribution in [0.2, 0.25) is 0 Å². The van der Waals surface area contributed by atoms with Crippen molar-refractivity contribution >= 4 is 39.5 Å². The van der Waals surface area contributed by atoms with Gasteiger partial charge in [-0.3, -0.25) is 37.3 Å². The molecule has 0 aromatic carbocycles. The van der Waals surface area contributed by atoms with Gasteiger partial charge in [-0.1, -0.05) is 325 Å². The van der Waals surface area contributed by atoms with Crippen LogP contribution < -0.4 is 0 Å². The van der Waals surface area contributed by atoms with Crippen LogP contribution in [0.1, 0.15) is 376 Å². The molecule has 0 saturated heterocycles. The first kappa shape index (κ1) is 91.1. The number of carbonyl (C=O) groups excluding carboxylic acids is 4. The molecule has 4 unspecified atom stereocenters. The number of ether oxygens (including phenoxy) is 4. The number of esters is 4. The van der Waals surface area contributed by atoms with Crippen LogP contribution in [0.5, 0.6) is 0 Å². The van der Waals surface area contributed by atoms with Crippen LogP contribution in [-0.4, -0.2) is 96.7 Å². The Morgan fingerprint density at radius 1 is 0.312 bits per heavy atom. The summed E-state index contributed by atoms with van der Waals surface area (Å²) in [6.45, 7) is 11.9. The minimum atomic E-state index is -4.95. The summed E-state index contributed by atoms with van der Waals surface area (Å²) in [6, 6.07) is 0. The molecule has 0 aromatic rings. The molecule has 0 aliphatic rings. The van der Waals surface area contributed by atoms with Crippen molar-refractivity contribution in [1.29, 1.82) is 0 Å². The molecular weight excluding hydrogens is 1220 g/mol. The van der Waals surface area contributed by atoms with Crippen LogP contribution >= 0.6 is 15.6 Å². The van der Waals surface area contributed by atoms with Gasteiger partial charge in [-0.15, -0.1) is 0 Å². The lowest BCUT2D eigenvalue weighted by molar-refractivity contribution is -0.161. The Morgan fingerprint density at radius 2 is 0.548 bits per heavy atom. The lowest BCUT2D eigenvalue weighted by atomic mass is 9.99. The fourth-order valence-electron chi connectivity index (χ4n) is 11.2. The maximum Gasteiger partial charge on any atom is 0.472 e. The van der Waals surface area contributed by atoms with Crippen molar-refractivity contribution in [2.75, 3.05) is 39.6 Å². The first-order valence-electron chi connectivity index (χ1n) is 38.4. The largest absolute Gasteiger partial charge is 0.472 e. The zero-order valence-corrected chi connectivity index (χ0v) is 62.5. The molecule has 0 radical (unpaired) electrons. The van der Waals surface area contributed by atoms with Crippen LogP contribution in [-0.2, 0) is 65.4 Å². The number of aliphatic hydroxyl groups is 1. The quantitative estimate of drug-likeness (QED) is 0.0222. The van der Waals surface area contributed by atoms with Gasteiger partial charge in [0.25, 0.3) is 0 Å². The minimum absolute atomic E-state index is 0.104. The standard InChI is InChI=1S/C74H144O17P2/c1-8-11-12-38-48-55-71(76)84-61-69(90-74(79)58-51-44-37-31-30-34-41-47-54-67(7)10-3)63-88-92(80,81)86-59-68(75)60-87-93(82,83)89-64-70(91-73(78)57-50-43-36-29-25-21-15-13-14-18-22-26-32-39-45-52-65(4)5)62-85-72(77)56-49-42-35-28-24-20-17-16-19-23-27-33-40-46-53-66(6)9-2/h65-70,75H,8-64H2,1-7H3,(H,80,81)(H,82,83)/t66?,67?,68-,69+,70+/m0/s1. The molecule has 0 rings (SSSR count). The molecule has 17 nitrogen and oxygen atoms in total. The van der Waals surface area contributed by atoms with E-state index in [1.165, 1.54) is 180 Å². The molecule has 0 spiro atoms. The second-order valence-electron chi connectivity index (χ2n) is 27.6. The van der Waals surface area contributed by atoms with E-state index in [-0.39, 0.29) is 25.7 Å². The predicted molar refractivity (Wildman–Crippen MR) is 377 cm³/mol. The van der Waals surface area contributed by atoms with E-state index in [4.69, 9.17) is 37.0 Å². The second kappa shape index (κ2) is 64.7. The first-order valence-corrected chi connectivity index (χ1v) is 41.4. The molecule has 93 heavy (non-hydrogen) atoms. The Kier molecular flexibility index (Phi) is 63.4. The number of carbonyl (C=O) groups is 4. The van der Waals surface area contributed by atoms with Gasteiger partial charge < -0.3 is 33.8 Å². The molecule has 0 aliphatic heterocycles. The number of phosphoric acid groups is 2. The van der Waals surface area contributed by atoms with Crippen LogP contribution in [0.15, 0.2) is 0 Å². The van der Waals surface area contributed by atoms with Gasteiger partial charge in [0.15, 0.2) is 12.2 Å². The zero-order valence-electron chi connectivity index (χ0n) is 60.7. The highest BCUT2D eigenvalue weighted by molar-refractivity contribution is 7.47. The molecule has 19 heteroatoms. The highest BCUT2D eigenvalue weighted by atomic mass is 31.2. The average Bonchev–Trinajstić information content (AvgIpc) is 1.67. The maximum atomic E-state index is 13.1. The van der Waals surface area contributed by atoms with Gasteiger partial charge in [0.2, 0.25) is 0 Å². The van der Waals surface area contributed by atoms with Gasteiger partial charge in [-0.25, -0.2) is 9.13 Å². The van der Waals surface area contributed by atoms with Crippen molar-refractivity contribution in [3.63, 3.8) is 0 Å². The summed E-state index contributed by atoms with van der Waals surface area (Å²) in [4.78, 5) is 72.4. The maximum absolute atomic E-state index is 13.1. The van der Waals surface area contributed by atoms with Crippen molar-refractivity contribution in [3.05, 3.63) is 0 Å². The normalized spacial score (nSPS) is 14.7. The third-order valence-electron chi connectivity index (χ3n) is 17.9. The number of rotatable bonds is 72. The highest BCUT2D eigenvalue weighted by Crippen LogP contribution is 2.45. The first-order chi connectivity index (χ1) is 44.8. The van der Waals surface area contributed by atoms with Gasteiger partial charge in [0, 0.05) is 25.7 Å². The number of phosphoric ester groups is 2. The van der Waals surface area contributed by atoms with Gasteiger partial charge in [0.1, 0.15) is 19.3 Å². The van der Waals surface area contributed by atoms with Crippen LogP contribution in [0.25, 0.3) is 0 Å². The predicted octanol–water partition coefficient (Wildman–Crippen LogP) is 21.4. The zero-order chi connectivity index (χ0) is 68.7. The van der Waals surface area contributed by atoms with Gasteiger partial charge in [-0.2, -0.15) is 0 Å². The Morgan fingerprint density at radius 3 is 0.817 bits per heavy atom. The van der Waals surface area contributed by atoms with E-state index in [0.717, 1.165) is 114 Å². The molecule has 0 saturated carbocycles. The average molecular weight is 1370 g/mol. The summed E-state index contributed by atoms with van der Waals surface area (Å²) in [5.41, 5.74) is 0. The summed E-state index contributed by atoms with van der Waals surface area (Å²) < 4.78 is 68.2. The third kappa shape index (κ3) is 65.8. The van der Waals surface area contributed by atoms with E-state index in [0.29, 0.717) is 25.7 Å². The summed E-state index contributed by atoms with van der Waals surface area (Å²) >= 11 is 0. The lowest BCUT2D eigenvalue weighted by Crippen LogP contribution is -2.30. The Balaban J connectivity index is 5.15. The summed E-state index contributed by atoms with van der Waals surface area (Å²) in [6.07, 6.45) is 50.3. The van der Waals surface area contributed by atoms with E-state index < -0.39 is 97.5 Å². The lowest BCUT2D eigenvalue weighted by Gasteiger charge is -2.21. The molecule has 3 N–H and O–H groups in total. The molecule has 0 aromatic heterocycles. The molecule has 0 amide bonds. The van der Waals surface area contributed by atoms with E-state index in [1.54, 1.807) is 0 Å². The van der Waals surface area contributed by atoms with Crippen molar-refractivity contribution < 1.29 is 80.2 Å². The van der Waals surface area contributed by atoms with Gasteiger partial charge in [0.05, 0.1) is 26.4 Å². The number of hydrogen-bond donors (Lipinski definition) is 3. The van der Waals surface area contributed by atoms with E-state index in [9.17, 15) is 43.2 Å². The molecule has 0 aliphatic carbocycles. The Labute approximate surface area is 568 Å². The van der Waals surface area contributed by atoms with Crippen molar-refractivity contribution in [2.45, 2.75) is 394 Å². The second-order valence-corrected chi connectivity index (χ2v) is 30.6. The molecule has 0 bridgehead atoms. The molecule has 7 atom stereocenters. The van der Waals surface area contributed by atoms with Crippen LogP contribution in [0.4, 0.5) is 0 Å². The summed E-state index contributed by atoms with van der Waals surface area (Å²) in [5.74, 6) is 0.290. The SMILES string of the molecule is CCCCCCCC(=O)OC[C@H](COP(=O)(O)OC[C@H](O)COP(=O)(O)OC[C@@H](COC(=O)CCCCCCCCCCCCCCCCC(C)CC)OC(=O)CCCCCCCCCCCCCCCCCC(C)C)OC(=O)CCCCCCCCCCC(C)CC. The van der Waals surface area contributed by atoms with E-state index >= 15 is 0 Å². The van der Waals surface area contributed by atoms with Crippen LogP contribution in [0, 0.1) is 17.8 Å². The van der Waals surface area contributed by atoms with Crippen molar-refractivity contribution in [1.82, 2.24) is 0 Å². The fourth-order valence-corrected chi connectivity index (χ4v) is 12.8. The Hall–Kier alpha value is -1.94. The number of unbranched alkanes of at least 4 members (excludes halogenated alkanes) is 38. The fraction of sp³-hybridized carbons (Fsp3) is 0.946. The highest BCUT2D eigenvalue weighted by Gasteiger charge is 2.30. The smallest absolute Gasteiger partial charge is 0.462 e. The number of aliphatic hydroxyl groups excluding tert-OH is 1. The van der Waals surface area contributed by atoms with Crippen molar-refractivity contribution in [3.8, 4) is 0 Å². The monoisotopic (exact) mass is 1370 g/mol. The third-order valence-corrected chi connectivity index (χ3v) is 19.8. The molecule has 552 valence electrons. The van der Waals surface area contributed by atoms with Gasteiger partial charge >= 0.3 is 39.5 Å². The van der Waals surface area contributed by atoms with Crippen molar-refractivity contribution in [2.24, 2.45) is 17.8 Å². The topological polar surface area (TPSA) is 237 Å². The number of hydrogen-bond acceptors (Lipinski definition) is 15. The minimum Gasteiger partial charge on any atom is -0.462 e. The molecule has 0 fully saturated rings. The molecular formula is C74H144O17P2. The summed E-state index contributed by atoms with van der Waals surface area (Å²) in [7, 11) is -9.90. The van der Waals surface area contributed by atoms with E-state index in [1.807, 2.05) is 0 Å². The van der Waals surface area contributed by atoms with Crippen LogP contribution in [0.3, 0.4) is 0 Å². The summed E-state index contributed by atoms with van der Waals surface area (Å²) in [5, 5.41) is 10.6. The van der Waals surface area contributed by atoms with E-state index in [2.05, 4.69) is 48.5 Å². The van der Waals surface area contributed by atoms with Gasteiger partial charge in [-0.05, 0) is 43.4 Å². The molecule has 0 heterocycles. The Bertz CT molecular complexity index is 1820.